The average molecular weight is 206 g/mol. The molecule has 0 bridgehead atoms. The number of carboxylic acids is 1. The number of carbonyl (C=O) groups is 1. The van der Waals surface area contributed by atoms with Gasteiger partial charge >= 0.3 is 5.97 Å². The maximum Gasteiger partial charge on any atom is 0.328 e. The summed E-state index contributed by atoms with van der Waals surface area (Å²) in [4.78, 5) is 10.8. The molecule has 0 aromatic carbocycles. The second-order valence-corrected chi connectivity index (χ2v) is 3.50. The van der Waals surface area contributed by atoms with Crippen molar-refractivity contribution in [3.8, 4) is 6.07 Å². The van der Waals surface area contributed by atoms with E-state index in [4.69, 9.17) is 10.4 Å². The smallest absolute Gasteiger partial charge is 0.328 e. The number of nitriles is 1. The predicted molar refractivity (Wildman–Crippen MR) is 52.1 cm³/mol. The van der Waals surface area contributed by atoms with Crippen LogP contribution in [0.5, 0.6) is 0 Å². The molecule has 1 aromatic heterocycles. The van der Waals surface area contributed by atoms with Crippen LogP contribution in [-0.4, -0.2) is 26.8 Å². The number of nitrogens with one attached hydrogen (secondary N) is 1. The highest BCUT2D eigenvalue weighted by Crippen LogP contribution is 2.12. The molecular formula is C9H10N4O2. The van der Waals surface area contributed by atoms with E-state index in [0.29, 0.717) is 5.56 Å². The Kier molecular flexibility index (Phi) is 2.85. The summed E-state index contributed by atoms with van der Waals surface area (Å²) in [5.41, 5.74) is -0.823. The van der Waals surface area contributed by atoms with Gasteiger partial charge in [-0.1, -0.05) is 0 Å². The van der Waals surface area contributed by atoms with Crippen molar-refractivity contribution in [1.82, 2.24) is 10.2 Å². The van der Waals surface area contributed by atoms with Crippen molar-refractivity contribution in [2.45, 2.75) is 19.4 Å². The van der Waals surface area contributed by atoms with E-state index >= 15 is 0 Å². The van der Waals surface area contributed by atoms with Crippen LogP contribution in [0.1, 0.15) is 19.4 Å². The van der Waals surface area contributed by atoms with E-state index in [2.05, 4.69) is 15.5 Å². The van der Waals surface area contributed by atoms with E-state index in [1.165, 1.54) is 26.1 Å². The lowest BCUT2D eigenvalue weighted by molar-refractivity contribution is -0.141. The third-order valence-corrected chi connectivity index (χ3v) is 1.76. The normalized spacial score (nSPS) is 10.5. The Hall–Kier alpha value is -2.16. The molecule has 2 N–H and O–H groups in total. The molecule has 0 aliphatic rings. The van der Waals surface area contributed by atoms with Crippen molar-refractivity contribution in [1.29, 1.82) is 5.26 Å². The van der Waals surface area contributed by atoms with Gasteiger partial charge in [0, 0.05) is 6.07 Å². The van der Waals surface area contributed by atoms with Crippen molar-refractivity contribution >= 4 is 11.8 Å². The number of hydrogen-bond acceptors (Lipinski definition) is 5. The van der Waals surface area contributed by atoms with E-state index in [1.54, 1.807) is 0 Å². The summed E-state index contributed by atoms with van der Waals surface area (Å²) in [7, 11) is 0. The minimum Gasteiger partial charge on any atom is -0.480 e. The first-order valence-corrected chi connectivity index (χ1v) is 4.20. The van der Waals surface area contributed by atoms with E-state index in [1.807, 2.05) is 6.07 Å². The molecule has 6 nitrogen and oxygen atoms in total. The average Bonchev–Trinajstić information content (AvgIpc) is 2.17. The lowest BCUT2D eigenvalue weighted by Crippen LogP contribution is -2.40. The topological polar surface area (TPSA) is 98.9 Å². The quantitative estimate of drug-likeness (QED) is 0.752. The molecule has 0 unspecified atom stereocenters. The Labute approximate surface area is 86.6 Å². The van der Waals surface area contributed by atoms with Crippen molar-refractivity contribution < 1.29 is 9.90 Å². The van der Waals surface area contributed by atoms with Crippen LogP contribution in [-0.2, 0) is 4.79 Å². The Morgan fingerprint density at radius 3 is 2.87 bits per heavy atom. The molecule has 0 saturated carbocycles. The van der Waals surface area contributed by atoms with Crippen LogP contribution in [0, 0.1) is 11.3 Å². The van der Waals surface area contributed by atoms with Crippen LogP contribution in [0.25, 0.3) is 0 Å². The molecule has 1 rings (SSSR count). The Morgan fingerprint density at radius 1 is 1.67 bits per heavy atom. The van der Waals surface area contributed by atoms with E-state index in [0.717, 1.165) is 0 Å². The van der Waals surface area contributed by atoms with Gasteiger partial charge in [-0.2, -0.15) is 10.4 Å². The minimum atomic E-state index is -1.15. The highest BCUT2D eigenvalue weighted by Gasteiger charge is 2.27. The fourth-order valence-electron chi connectivity index (χ4n) is 0.863. The molecule has 15 heavy (non-hydrogen) atoms. The summed E-state index contributed by atoms with van der Waals surface area (Å²) in [5, 5.41) is 27.4. The first-order chi connectivity index (χ1) is 6.95. The van der Waals surface area contributed by atoms with Crippen LogP contribution in [0.15, 0.2) is 12.3 Å². The minimum absolute atomic E-state index is 0.265. The van der Waals surface area contributed by atoms with Crippen LogP contribution in [0.4, 0.5) is 5.82 Å². The zero-order valence-corrected chi connectivity index (χ0v) is 8.35. The fourth-order valence-corrected chi connectivity index (χ4v) is 0.863. The largest absolute Gasteiger partial charge is 0.480 e. The molecule has 6 heteroatoms. The molecule has 0 atom stereocenters. The lowest BCUT2D eigenvalue weighted by atomic mass is 10.1. The van der Waals surface area contributed by atoms with Gasteiger partial charge in [0.05, 0.1) is 11.8 Å². The van der Waals surface area contributed by atoms with Gasteiger partial charge < -0.3 is 10.4 Å². The molecule has 0 aliphatic heterocycles. The summed E-state index contributed by atoms with van der Waals surface area (Å²) in [6, 6.07) is 3.33. The van der Waals surface area contributed by atoms with Gasteiger partial charge in [-0.25, -0.2) is 4.79 Å². The summed E-state index contributed by atoms with van der Waals surface area (Å²) in [6.45, 7) is 2.99. The third kappa shape index (κ3) is 2.64. The second-order valence-electron chi connectivity index (χ2n) is 3.50. The Bertz CT molecular complexity index is 422. The number of aromatic nitrogens is 2. The number of carboxylic acid groups (broad SMARTS) is 1. The maximum absolute atomic E-state index is 10.8. The number of hydrogen-bond donors (Lipinski definition) is 2. The van der Waals surface area contributed by atoms with Gasteiger partial charge in [0.1, 0.15) is 11.6 Å². The molecule has 0 fully saturated rings. The van der Waals surface area contributed by atoms with Gasteiger partial charge in [-0.15, -0.1) is 5.10 Å². The van der Waals surface area contributed by atoms with E-state index in [9.17, 15) is 4.79 Å². The Morgan fingerprint density at radius 2 is 2.33 bits per heavy atom. The van der Waals surface area contributed by atoms with Crippen molar-refractivity contribution in [3.63, 3.8) is 0 Å². The zero-order valence-electron chi connectivity index (χ0n) is 8.35. The second kappa shape index (κ2) is 3.92. The number of aliphatic carboxylic acids is 1. The van der Waals surface area contributed by atoms with Gasteiger partial charge in [0.25, 0.3) is 0 Å². The van der Waals surface area contributed by atoms with Crippen LogP contribution >= 0.6 is 0 Å². The molecule has 0 radical (unpaired) electrons. The highest BCUT2D eigenvalue weighted by molar-refractivity contribution is 5.81. The molecule has 0 saturated heterocycles. The van der Waals surface area contributed by atoms with E-state index < -0.39 is 11.5 Å². The lowest BCUT2D eigenvalue weighted by Gasteiger charge is -2.20. The number of anilines is 1. The van der Waals surface area contributed by atoms with Crippen LogP contribution < -0.4 is 5.32 Å². The molecular weight excluding hydrogens is 196 g/mol. The molecule has 1 aromatic rings. The van der Waals surface area contributed by atoms with E-state index in [-0.39, 0.29) is 5.82 Å². The summed E-state index contributed by atoms with van der Waals surface area (Å²) >= 11 is 0. The molecule has 1 heterocycles. The zero-order chi connectivity index (χ0) is 11.5. The Balaban J connectivity index is 2.91. The van der Waals surface area contributed by atoms with Gasteiger partial charge in [-0.3, -0.25) is 0 Å². The standard InChI is InChI=1S/C9H10N4O2/c1-9(2,8(14)15)12-7-3-6(4-10)5-11-13-7/h3,5H,1-2H3,(H,12,13)(H,14,15). The van der Waals surface area contributed by atoms with Gasteiger partial charge in [-0.05, 0) is 13.8 Å². The predicted octanol–water partition coefficient (Wildman–Crippen LogP) is 0.623. The fraction of sp³-hybridized carbons (Fsp3) is 0.333. The van der Waals surface area contributed by atoms with Gasteiger partial charge in [0.2, 0.25) is 0 Å². The third-order valence-electron chi connectivity index (χ3n) is 1.76. The van der Waals surface area contributed by atoms with Crippen molar-refractivity contribution in [3.05, 3.63) is 17.8 Å². The summed E-state index contributed by atoms with van der Waals surface area (Å²) in [6.07, 6.45) is 1.30. The molecule has 0 spiro atoms. The monoisotopic (exact) mass is 206 g/mol. The molecule has 0 amide bonds. The number of rotatable bonds is 3. The van der Waals surface area contributed by atoms with Crippen LogP contribution in [0.3, 0.4) is 0 Å². The summed E-state index contributed by atoms with van der Waals surface area (Å²) in [5.74, 6) is -0.742. The first kappa shape index (κ1) is 10.9. The van der Waals surface area contributed by atoms with Crippen molar-refractivity contribution in [2.75, 3.05) is 5.32 Å². The molecule has 78 valence electrons. The molecule has 0 aliphatic carbocycles. The highest BCUT2D eigenvalue weighted by atomic mass is 16.4. The number of nitrogens with zero attached hydrogens (tertiary/aromatic N) is 3. The first-order valence-electron chi connectivity index (χ1n) is 4.20. The maximum atomic E-state index is 10.8. The van der Waals surface area contributed by atoms with Crippen LogP contribution in [0.2, 0.25) is 0 Å². The summed E-state index contributed by atoms with van der Waals surface area (Å²) < 4.78 is 0. The SMILES string of the molecule is CC(C)(Nc1cc(C#N)cnn1)C(=O)O. The van der Waals surface area contributed by atoms with Gasteiger partial charge in [0.15, 0.2) is 5.82 Å². The van der Waals surface area contributed by atoms with Crippen molar-refractivity contribution in [2.24, 2.45) is 0 Å².